The highest BCUT2D eigenvalue weighted by Crippen LogP contribution is 2.42. The molecule has 2 aromatic rings. The van der Waals surface area contributed by atoms with Crippen LogP contribution in [0.2, 0.25) is 0 Å². The smallest absolute Gasteiger partial charge is 0.212 e. The Bertz CT molecular complexity index is 618. The van der Waals surface area contributed by atoms with Crippen LogP contribution in [-0.2, 0) is 12.8 Å². The van der Waals surface area contributed by atoms with Gasteiger partial charge < -0.3 is 0 Å². The van der Waals surface area contributed by atoms with Gasteiger partial charge in [-0.3, -0.25) is 4.79 Å². The Morgan fingerprint density at radius 1 is 1.26 bits per heavy atom. The molecule has 0 amide bonds. The molecule has 2 aliphatic rings. The van der Waals surface area contributed by atoms with Gasteiger partial charge in [-0.1, -0.05) is 16.6 Å². The molecule has 0 radical (unpaired) electrons. The second-order valence-electron chi connectivity index (χ2n) is 5.24. The molecular formula is C13H14N4OS. The van der Waals surface area contributed by atoms with Crippen molar-refractivity contribution in [2.75, 3.05) is 0 Å². The van der Waals surface area contributed by atoms with Crippen LogP contribution in [-0.4, -0.2) is 26.3 Å². The Morgan fingerprint density at radius 3 is 2.84 bits per heavy atom. The third-order valence-corrected chi connectivity index (χ3v) is 4.96. The third-order valence-electron chi connectivity index (χ3n) is 3.82. The quantitative estimate of drug-likeness (QED) is 0.806. The normalized spacial score (nSPS) is 18.3. The number of aromatic nitrogens is 4. The van der Waals surface area contributed by atoms with Crippen molar-refractivity contribution >= 4 is 17.6 Å². The van der Waals surface area contributed by atoms with Gasteiger partial charge in [-0.15, -0.1) is 5.10 Å². The molecule has 19 heavy (non-hydrogen) atoms. The van der Waals surface area contributed by atoms with Crippen molar-refractivity contribution in [2.24, 2.45) is 0 Å². The maximum atomic E-state index is 11.1. The lowest BCUT2D eigenvalue weighted by Crippen LogP contribution is -2.03. The maximum absolute atomic E-state index is 11.1. The van der Waals surface area contributed by atoms with Crippen molar-refractivity contribution in [1.82, 2.24) is 20.0 Å². The van der Waals surface area contributed by atoms with E-state index in [0.717, 1.165) is 42.8 Å². The largest absolute Gasteiger partial charge is 0.296 e. The zero-order chi connectivity index (χ0) is 12.8. The zero-order valence-corrected chi connectivity index (χ0v) is 11.3. The van der Waals surface area contributed by atoms with E-state index < -0.39 is 0 Å². The van der Waals surface area contributed by atoms with Crippen LogP contribution in [0.1, 0.15) is 58.4 Å². The summed E-state index contributed by atoms with van der Waals surface area (Å²) in [5.74, 6) is 0.441. The molecule has 2 heterocycles. The van der Waals surface area contributed by atoms with Gasteiger partial charge in [0.25, 0.3) is 0 Å². The highest BCUT2D eigenvalue weighted by atomic mass is 32.1. The second-order valence-corrected chi connectivity index (χ2v) is 6.30. The van der Waals surface area contributed by atoms with E-state index in [1.807, 2.05) is 0 Å². The van der Waals surface area contributed by atoms with Crippen LogP contribution in [0.15, 0.2) is 0 Å². The van der Waals surface area contributed by atoms with Crippen LogP contribution >= 0.6 is 11.3 Å². The average Bonchev–Trinajstić information content (AvgIpc) is 3.04. The molecule has 0 N–H and O–H groups in total. The molecule has 2 aromatic heterocycles. The van der Waals surface area contributed by atoms with Crippen molar-refractivity contribution in [3.05, 3.63) is 22.0 Å². The summed E-state index contributed by atoms with van der Waals surface area (Å²) in [5.41, 5.74) is 2.66. The first-order chi connectivity index (χ1) is 9.36. The van der Waals surface area contributed by atoms with Gasteiger partial charge in [-0.2, -0.15) is 4.68 Å². The number of rotatable bonds is 3. The summed E-state index contributed by atoms with van der Waals surface area (Å²) in [4.78, 5) is 17.1. The van der Waals surface area contributed by atoms with E-state index in [0.29, 0.717) is 11.6 Å². The number of aldehydes is 1. The lowest BCUT2D eigenvalue weighted by Gasteiger charge is -2.06. The predicted molar refractivity (Wildman–Crippen MR) is 71.0 cm³/mol. The number of hydrogen-bond donors (Lipinski definition) is 0. The van der Waals surface area contributed by atoms with Crippen LogP contribution in [0.4, 0.5) is 0 Å². The van der Waals surface area contributed by atoms with Gasteiger partial charge in [-0.25, -0.2) is 4.98 Å². The minimum atomic E-state index is 0.441. The van der Waals surface area contributed by atoms with Crippen LogP contribution in [0, 0.1) is 0 Å². The van der Waals surface area contributed by atoms with Crippen molar-refractivity contribution in [3.63, 3.8) is 0 Å². The number of nitrogens with zero attached hydrogens (tertiary/aromatic N) is 4. The predicted octanol–water partition coefficient (Wildman–Crippen LogP) is 2.29. The van der Waals surface area contributed by atoms with Gasteiger partial charge in [0.15, 0.2) is 6.29 Å². The summed E-state index contributed by atoms with van der Waals surface area (Å²) < 4.78 is 1.80. The SMILES string of the molecule is O=Cc1nnn(-c2nc3c(s2)CCCC3)c1C1CC1. The summed E-state index contributed by atoms with van der Waals surface area (Å²) >= 11 is 1.71. The lowest BCUT2D eigenvalue weighted by molar-refractivity contribution is 0.111. The van der Waals surface area contributed by atoms with Crippen molar-refractivity contribution in [3.8, 4) is 5.13 Å². The molecule has 98 valence electrons. The van der Waals surface area contributed by atoms with Crippen LogP contribution in [0.25, 0.3) is 5.13 Å². The molecule has 0 saturated heterocycles. The summed E-state index contributed by atoms with van der Waals surface area (Å²) in [6.07, 6.45) is 7.73. The summed E-state index contributed by atoms with van der Waals surface area (Å²) in [7, 11) is 0. The fourth-order valence-electron chi connectivity index (χ4n) is 2.69. The Morgan fingerprint density at radius 2 is 2.11 bits per heavy atom. The monoisotopic (exact) mass is 274 g/mol. The van der Waals surface area contributed by atoms with Gasteiger partial charge in [0.1, 0.15) is 5.69 Å². The Kier molecular flexibility index (Phi) is 2.51. The van der Waals surface area contributed by atoms with Gasteiger partial charge in [-0.05, 0) is 38.5 Å². The second kappa shape index (κ2) is 4.23. The topological polar surface area (TPSA) is 60.7 Å². The van der Waals surface area contributed by atoms with E-state index >= 15 is 0 Å². The fraction of sp³-hybridized carbons (Fsp3) is 0.538. The minimum absolute atomic E-state index is 0.441. The van der Waals surface area contributed by atoms with E-state index in [1.165, 1.54) is 23.4 Å². The zero-order valence-electron chi connectivity index (χ0n) is 10.5. The summed E-state index contributed by atoms with van der Waals surface area (Å²) in [6, 6.07) is 0. The number of thiazole rings is 1. The number of hydrogen-bond acceptors (Lipinski definition) is 5. The van der Waals surface area contributed by atoms with Gasteiger partial charge in [0.05, 0.1) is 11.4 Å². The van der Waals surface area contributed by atoms with Gasteiger partial charge in [0.2, 0.25) is 5.13 Å². The van der Waals surface area contributed by atoms with Gasteiger partial charge in [0, 0.05) is 10.8 Å². The molecule has 0 aromatic carbocycles. The summed E-state index contributed by atoms with van der Waals surface area (Å²) in [5, 5.41) is 9.02. The van der Waals surface area contributed by atoms with Crippen LogP contribution < -0.4 is 0 Å². The van der Waals surface area contributed by atoms with Crippen LogP contribution in [0.3, 0.4) is 0 Å². The molecule has 0 atom stereocenters. The Labute approximate surface area is 114 Å². The fourth-order valence-corrected chi connectivity index (χ4v) is 3.80. The van der Waals surface area contributed by atoms with Crippen LogP contribution in [0.5, 0.6) is 0 Å². The van der Waals surface area contributed by atoms with E-state index in [1.54, 1.807) is 16.0 Å². The molecular weight excluding hydrogens is 260 g/mol. The van der Waals surface area contributed by atoms with Gasteiger partial charge >= 0.3 is 0 Å². The maximum Gasteiger partial charge on any atom is 0.212 e. The Hall–Kier alpha value is -1.56. The highest BCUT2D eigenvalue weighted by Gasteiger charge is 2.32. The standard InChI is InChI=1S/C13H14N4OS/c18-7-10-12(8-5-6-8)17(16-15-10)13-14-9-3-1-2-4-11(9)19-13/h7-8H,1-6H2. The molecule has 4 rings (SSSR count). The molecule has 2 aliphatic carbocycles. The Balaban J connectivity index is 1.81. The third kappa shape index (κ3) is 1.82. The van der Waals surface area contributed by atoms with E-state index in [2.05, 4.69) is 10.3 Å². The van der Waals surface area contributed by atoms with Crippen molar-refractivity contribution in [2.45, 2.75) is 44.4 Å². The first-order valence-corrected chi connectivity index (χ1v) is 7.58. The number of carbonyl (C=O) groups excluding carboxylic acids is 1. The number of aryl methyl sites for hydroxylation is 2. The first-order valence-electron chi connectivity index (χ1n) is 6.76. The highest BCUT2D eigenvalue weighted by molar-refractivity contribution is 7.14. The van der Waals surface area contributed by atoms with E-state index in [4.69, 9.17) is 4.98 Å². The molecule has 1 saturated carbocycles. The lowest BCUT2D eigenvalue weighted by atomic mass is 10.0. The minimum Gasteiger partial charge on any atom is -0.296 e. The number of fused-ring (bicyclic) bond motifs is 1. The van der Waals surface area contributed by atoms with E-state index in [-0.39, 0.29) is 0 Å². The van der Waals surface area contributed by atoms with Crippen molar-refractivity contribution < 1.29 is 4.79 Å². The average molecular weight is 274 g/mol. The molecule has 1 fully saturated rings. The van der Waals surface area contributed by atoms with E-state index in [9.17, 15) is 4.79 Å². The first kappa shape index (κ1) is 11.3. The molecule has 0 spiro atoms. The summed E-state index contributed by atoms with van der Waals surface area (Å²) in [6.45, 7) is 0. The number of carbonyl (C=O) groups is 1. The molecule has 0 aliphatic heterocycles. The van der Waals surface area contributed by atoms with Crippen molar-refractivity contribution in [1.29, 1.82) is 0 Å². The molecule has 0 unspecified atom stereocenters. The molecule has 5 nitrogen and oxygen atoms in total. The molecule has 0 bridgehead atoms. The molecule has 6 heteroatoms.